The molecule has 2 heterocycles. The molecule has 2 amide bonds. The number of carbonyl (C=O) groups is 2. The number of nitrogens with one attached hydrogen (secondary N) is 2. The number of rotatable bonds is 7. The van der Waals surface area contributed by atoms with E-state index in [0.29, 0.717) is 13.0 Å². The molecule has 3 rings (SSSR count). The number of aromatic nitrogens is 2. The third-order valence-electron chi connectivity index (χ3n) is 4.02. The van der Waals surface area contributed by atoms with Crippen molar-refractivity contribution in [2.45, 2.75) is 37.2 Å². The van der Waals surface area contributed by atoms with E-state index in [4.69, 9.17) is 0 Å². The lowest BCUT2D eigenvalue weighted by Gasteiger charge is -2.18. The standard InChI is InChI=1S/C16H19N5O4S2/c1-11(22)18-15-19-20-16(26-15)27(24,25)17-9-12-5-2-3-6-13(12)10-21-8-4-7-14(21)23/h2-3,5-6,17H,4,7-10H2,1H3,(H,18,19,22). The minimum absolute atomic E-state index is 0.0651. The number of hydrogen-bond acceptors (Lipinski definition) is 7. The molecule has 9 nitrogen and oxygen atoms in total. The minimum atomic E-state index is -3.87. The molecule has 0 spiro atoms. The summed E-state index contributed by atoms with van der Waals surface area (Å²) in [5, 5.41) is 9.79. The van der Waals surface area contributed by atoms with Crippen LogP contribution in [-0.4, -0.2) is 41.9 Å². The summed E-state index contributed by atoms with van der Waals surface area (Å²) in [5.41, 5.74) is 1.68. The smallest absolute Gasteiger partial charge is 0.270 e. The monoisotopic (exact) mass is 409 g/mol. The molecule has 1 aliphatic rings. The predicted molar refractivity (Wildman–Crippen MR) is 99.3 cm³/mol. The number of sulfonamides is 1. The van der Waals surface area contributed by atoms with Gasteiger partial charge in [0.25, 0.3) is 10.0 Å². The van der Waals surface area contributed by atoms with Crippen LogP contribution in [0.1, 0.15) is 30.9 Å². The number of hydrogen-bond donors (Lipinski definition) is 2. The zero-order chi connectivity index (χ0) is 19.4. The van der Waals surface area contributed by atoms with Gasteiger partial charge in [0, 0.05) is 33.0 Å². The van der Waals surface area contributed by atoms with Crippen LogP contribution in [0.15, 0.2) is 28.6 Å². The summed E-state index contributed by atoms with van der Waals surface area (Å²) >= 11 is 0.776. The Balaban J connectivity index is 1.69. The maximum Gasteiger partial charge on any atom is 0.270 e. The SMILES string of the molecule is CC(=O)Nc1nnc(S(=O)(=O)NCc2ccccc2CN2CCCC2=O)s1. The molecule has 1 aromatic heterocycles. The van der Waals surface area contributed by atoms with Gasteiger partial charge in [0.2, 0.25) is 21.3 Å². The van der Waals surface area contributed by atoms with E-state index in [0.717, 1.165) is 35.4 Å². The molecule has 27 heavy (non-hydrogen) atoms. The van der Waals surface area contributed by atoms with E-state index >= 15 is 0 Å². The molecule has 2 aromatic rings. The summed E-state index contributed by atoms with van der Waals surface area (Å²) in [7, 11) is -3.87. The van der Waals surface area contributed by atoms with E-state index in [9.17, 15) is 18.0 Å². The summed E-state index contributed by atoms with van der Waals surface area (Å²) < 4.78 is 27.1. The Hall–Kier alpha value is -2.37. The molecule has 0 unspecified atom stereocenters. The highest BCUT2D eigenvalue weighted by atomic mass is 32.2. The summed E-state index contributed by atoms with van der Waals surface area (Å²) in [6, 6.07) is 7.38. The lowest BCUT2D eigenvalue weighted by atomic mass is 10.1. The Kier molecular flexibility index (Phi) is 5.82. The normalized spacial score (nSPS) is 14.6. The van der Waals surface area contributed by atoms with Gasteiger partial charge >= 0.3 is 0 Å². The molecule has 2 N–H and O–H groups in total. The van der Waals surface area contributed by atoms with Gasteiger partial charge in [-0.3, -0.25) is 9.59 Å². The van der Waals surface area contributed by atoms with E-state index in [-0.39, 0.29) is 27.8 Å². The summed E-state index contributed by atoms with van der Waals surface area (Å²) in [5.74, 6) is -0.238. The van der Waals surface area contributed by atoms with Crippen molar-refractivity contribution in [3.63, 3.8) is 0 Å². The third kappa shape index (κ3) is 4.87. The lowest BCUT2D eigenvalue weighted by Crippen LogP contribution is -2.27. The molecule has 144 valence electrons. The second kappa shape index (κ2) is 8.11. The number of carbonyl (C=O) groups excluding carboxylic acids is 2. The van der Waals surface area contributed by atoms with Crippen molar-refractivity contribution in [1.82, 2.24) is 19.8 Å². The van der Waals surface area contributed by atoms with E-state index in [1.165, 1.54) is 6.92 Å². The molecular weight excluding hydrogens is 390 g/mol. The minimum Gasteiger partial charge on any atom is -0.338 e. The first kappa shape index (κ1) is 19.4. The van der Waals surface area contributed by atoms with Crippen molar-refractivity contribution < 1.29 is 18.0 Å². The number of anilines is 1. The fourth-order valence-corrected chi connectivity index (χ4v) is 4.71. The molecule has 11 heteroatoms. The highest BCUT2D eigenvalue weighted by Gasteiger charge is 2.23. The topological polar surface area (TPSA) is 121 Å². The Morgan fingerprint density at radius 1 is 1.26 bits per heavy atom. The first-order valence-electron chi connectivity index (χ1n) is 8.30. The van der Waals surface area contributed by atoms with Gasteiger partial charge in [-0.1, -0.05) is 35.6 Å². The van der Waals surface area contributed by atoms with E-state index < -0.39 is 10.0 Å². The van der Waals surface area contributed by atoms with Crippen molar-refractivity contribution in [3.8, 4) is 0 Å². The van der Waals surface area contributed by atoms with E-state index in [2.05, 4.69) is 20.2 Å². The zero-order valence-corrected chi connectivity index (χ0v) is 16.3. The first-order chi connectivity index (χ1) is 12.8. The number of benzene rings is 1. The molecule has 1 saturated heterocycles. The number of likely N-dealkylation sites (tertiary alicyclic amines) is 1. The van der Waals surface area contributed by atoms with Gasteiger partial charge in [0.15, 0.2) is 0 Å². The van der Waals surface area contributed by atoms with Crippen LogP contribution in [0.2, 0.25) is 0 Å². The maximum atomic E-state index is 12.4. The predicted octanol–water partition coefficient (Wildman–Crippen LogP) is 1.10. The Morgan fingerprint density at radius 3 is 2.67 bits per heavy atom. The third-order valence-corrected chi connectivity index (χ3v) is 6.63. The lowest BCUT2D eigenvalue weighted by molar-refractivity contribution is -0.128. The average Bonchev–Trinajstić information content (AvgIpc) is 3.24. The molecular formula is C16H19N5O4S2. The summed E-state index contributed by atoms with van der Waals surface area (Å²) in [6.45, 7) is 2.54. The second-order valence-corrected chi connectivity index (χ2v) is 8.98. The number of amides is 2. The van der Waals surface area contributed by atoms with Gasteiger partial charge < -0.3 is 10.2 Å². The molecule has 0 atom stereocenters. The van der Waals surface area contributed by atoms with Crippen molar-refractivity contribution in [3.05, 3.63) is 35.4 Å². The Morgan fingerprint density at radius 2 is 2.00 bits per heavy atom. The largest absolute Gasteiger partial charge is 0.338 e. The van der Waals surface area contributed by atoms with Crippen LogP contribution in [0.25, 0.3) is 0 Å². The van der Waals surface area contributed by atoms with Crippen molar-refractivity contribution in [2.24, 2.45) is 0 Å². The van der Waals surface area contributed by atoms with Crippen LogP contribution in [0.5, 0.6) is 0 Å². The fraction of sp³-hybridized carbons (Fsp3) is 0.375. The molecule has 0 saturated carbocycles. The highest BCUT2D eigenvalue weighted by Crippen LogP contribution is 2.21. The van der Waals surface area contributed by atoms with Crippen molar-refractivity contribution >= 4 is 38.3 Å². The van der Waals surface area contributed by atoms with Gasteiger partial charge in [-0.25, -0.2) is 13.1 Å². The molecule has 1 aliphatic heterocycles. The quantitative estimate of drug-likeness (QED) is 0.661. The molecule has 1 aromatic carbocycles. The van der Waals surface area contributed by atoms with Gasteiger partial charge in [-0.05, 0) is 17.5 Å². The summed E-state index contributed by atoms with van der Waals surface area (Å²) in [4.78, 5) is 24.6. The van der Waals surface area contributed by atoms with Gasteiger partial charge in [-0.15, -0.1) is 10.2 Å². The maximum absolute atomic E-state index is 12.4. The van der Waals surface area contributed by atoms with Gasteiger partial charge in [-0.2, -0.15) is 0 Å². The first-order valence-corrected chi connectivity index (χ1v) is 10.6. The van der Waals surface area contributed by atoms with Crippen LogP contribution >= 0.6 is 11.3 Å². The summed E-state index contributed by atoms with van der Waals surface area (Å²) in [6.07, 6.45) is 1.41. The molecule has 0 aliphatic carbocycles. The van der Waals surface area contributed by atoms with Crippen LogP contribution in [0.3, 0.4) is 0 Å². The fourth-order valence-electron chi connectivity index (χ4n) is 2.71. The molecule has 0 radical (unpaired) electrons. The Bertz CT molecular complexity index is 957. The second-order valence-electron chi connectivity index (χ2n) is 6.07. The van der Waals surface area contributed by atoms with Crippen LogP contribution in [0, 0.1) is 0 Å². The van der Waals surface area contributed by atoms with E-state index in [1.807, 2.05) is 24.3 Å². The van der Waals surface area contributed by atoms with Crippen LogP contribution in [0.4, 0.5) is 5.13 Å². The number of nitrogens with zero attached hydrogens (tertiary/aromatic N) is 3. The van der Waals surface area contributed by atoms with Crippen LogP contribution in [-0.2, 0) is 32.7 Å². The average molecular weight is 409 g/mol. The van der Waals surface area contributed by atoms with Gasteiger partial charge in [0.1, 0.15) is 0 Å². The highest BCUT2D eigenvalue weighted by molar-refractivity contribution is 7.91. The van der Waals surface area contributed by atoms with Crippen molar-refractivity contribution in [1.29, 1.82) is 0 Å². The van der Waals surface area contributed by atoms with Crippen molar-refractivity contribution in [2.75, 3.05) is 11.9 Å². The Labute approximate surface area is 160 Å². The zero-order valence-electron chi connectivity index (χ0n) is 14.6. The van der Waals surface area contributed by atoms with Crippen LogP contribution < -0.4 is 10.0 Å². The molecule has 1 fully saturated rings. The van der Waals surface area contributed by atoms with Gasteiger partial charge in [0.05, 0.1) is 0 Å². The molecule has 0 bridgehead atoms. The van der Waals surface area contributed by atoms with E-state index in [1.54, 1.807) is 4.90 Å².